The zero-order valence-electron chi connectivity index (χ0n) is 20.1. The van der Waals surface area contributed by atoms with Crippen LogP contribution in [-0.4, -0.2) is 21.8 Å². The molecule has 4 saturated carbocycles. The number of hydrogen-bond acceptors (Lipinski definition) is 3. The summed E-state index contributed by atoms with van der Waals surface area (Å²) in [6.45, 7) is 12.0. The van der Waals surface area contributed by atoms with E-state index in [4.69, 9.17) is 0 Å². The van der Waals surface area contributed by atoms with Gasteiger partial charge in [0.05, 0.1) is 0 Å². The summed E-state index contributed by atoms with van der Waals surface area (Å²) in [6, 6.07) is 0. The molecule has 4 fully saturated rings. The summed E-state index contributed by atoms with van der Waals surface area (Å²) in [5, 5.41) is 20.5. The van der Waals surface area contributed by atoms with Gasteiger partial charge in [0.2, 0.25) is 0 Å². The first kappa shape index (κ1) is 22.8. The van der Waals surface area contributed by atoms with Crippen LogP contribution in [0, 0.1) is 52.3 Å². The molecule has 0 saturated heterocycles. The first-order valence-electron chi connectivity index (χ1n) is 13.0. The number of carbonyl (C=O) groups excluding carboxylic acids is 1. The van der Waals surface area contributed by atoms with Gasteiger partial charge in [0, 0.05) is 25.2 Å². The van der Waals surface area contributed by atoms with E-state index in [2.05, 4.69) is 34.6 Å². The Balaban J connectivity index is 1.51. The standard InChI is InChI=1S/C27H46O3/c1-17(2)7-6-8-18(3)20-9-10-21-19-15-24(28)23-16-27(29,30)14-13-26(23,5)22(19)11-12-25(20,21)4/h17-23,29-30H,6-16H2,1-5H3/t18-,19+,20-,21+,22+,23-,25-,26-/m1/s1. The molecule has 4 aliphatic carbocycles. The molecule has 4 aliphatic rings. The predicted octanol–water partition coefficient (Wildman–Crippen LogP) is 5.97. The van der Waals surface area contributed by atoms with Crippen LogP contribution >= 0.6 is 0 Å². The third-order valence-corrected chi connectivity index (χ3v) is 10.7. The van der Waals surface area contributed by atoms with Crippen LogP contribution in [0.1, 0.15) is 105 Å². The number of hydrogen-bond donors (Lipinski definition) is 2. The molecule has 0 heterocycles. The van der Waals surface area contributed by atoms with Crippen molar-refractivity contribution in [2.75, 3.05) is 0 Å². The zero-order valence-corrected chi connectivity index (χ0v) is 20.1. The van der Waals surface area contributed by atoms with Gasteiger partial charge in [-0.25, -0.2) is 0 Å². The molecule has 4 rings (SSSR count). The monoisotopic (exact) mass is 418 g/mol. The molecule has 2 N–H and O–H groups in total. The van der Waals surface area contributed by atoms with Gasteiger partial charge in [-0.3, -0.25) is 4.79 Å². The molecule has 172 valence electrons. The van der Waals surface area contributed by atoms with Crippen LogP contribution in [0.15, 0.2) is 0 Å². The lowest BCUT2D eigenvalue weighted by molar-refractivity contribution is -0.229. The fourth-order valence-electron chi connectivity index (χ4n) is 9.02. The van der Waals surface area contributed by atoms with E-state index < -0.39 is 5.79 Å². The summed E-state index contributed by atoms with van der Waals surface area (Å²) < 4.78 is 0. The van der Waals surface area contributed by atoms with Crippen molar-refractivity contribution in [2.45, 2.75) is 111 Å². The largest absolute Gasteiger partial charge is 0.366 e. The minimum atomic E-state index is -1.64. The number of ketones is 1. The van der Waals surface area contributed by atoms with Gasteiger partial charge in [0.1, 0.15) is 5.78 Å². The third-order valence-electron chi connectivity index (χ3n) is 10.7. The fourth-order valence-corrected chi connectivity index (χ4v) is 9.02. The van der Waals surface area contributed by atoms with Crippen molar-refractivity contribution in [3.8, 4) is 0 Å². The summed E-state index contributed by atoms with van der Waals surface area (Å²) in [6.07, 6.45) is 11.4. The van der Waals surface area contributed by atoms with Gasteiger partial charge in [-0.1, -0.05) is 53.9 Å². The molecule has 0 radical (unpaired) electrons. The smallest absolute Gasteiger partial charge is 0.163 e. The van der Waals surface area contributed by atoms with Crippen LogP contribution in [0.5, 0.6) is 0 Å². The summed E-state index contributed by atoms with van der Waals surface area (Å²) in [5.41, 5.74) is 0.367. The maximum atomic E-state index is 13.3. The van der Waals surface area contributed by atoms with E-state index in [1.54, 1.807) is 0 Å². The Kier molecular flexibility index (Phi) is 5.97. The zero-order chi connectivity index (χ0) is 21.9. The second-order valence-corrected chi connectivity index (χ2v) is 12.8. The highest BCUT2D eigenvalue weighted by atomic mass is 16.5. The Hall–Kier alpha value is -0.410. The van der Waals surface area contributed by atoms with E-state index in [0.717, 1.165) is 24.2 Å². The van der Waals surface area contributed by atoms with Crippen molar-refractivity contribution >= 4 is 5.78 Å². The van der Waals surface area contributed by atoms with Crippen molar-refractivity contribution in [3.05, 3.63) is 0 Å². The first-order valence-corrected chi connectivity index (χ1v) is 13.0. The molecule has 0 aliphatic heterocycles. The molecular weight excluding hydrogens is 372 g/mol. The quantitative estimate of drug-likeness (QED) is 0.541. The van der Waals surface area contributed by atoms with Crippen LogP contribution in [-0.2, 0) is 4.79 Å². The average molecular weight is 419 g/mol. The van der Waals surface area contributed by atoms with Gasteiger partial charge >= 0.3 is 0 Å². The van der Waals surface area contributed by atoms with Crippen molar-refractivity contribution in [1.29, 1.82) is 0 Å². The highest BCUT2D eigenvalue weighted by Crippen LogP contribution is 2.68. The molecule has 0 aromatic carbocycles. The minimum Gasteiger partial charge on any atom is -0.366 e. The second kappa shape index (κ2) is 7.87. The molecule has 0 aromatic heterocycles. The highest BCUT2D eigenvalue weighted by Gasteiger charge is 2.63. The van der Waals surface area contributed by atoms with Gasteiger partial charge in [0.15, 0.2) is 5.79 Å². The Morgan fingerprint density at radius 1 is 0.933 bits per heavy atom. The van der Waals surface area contributed by atoms with Crippen LogP contribution < -0.4 is 0 Å². The Morgan fingerprint density at radius 3 is 2.33 bits per heavy atom. The maximum absolute atomic E-state index is 13.3. The first-order chi connectivity index (χ1) is 14.0. The molecule has 0 spiro atoms. The summed E-state index contributed by atoms with van der Waals surface area (Å²) in [4.78, 5) is 13.3. The van der Waals surface area contributed by atoms with E-state index in [1.807, 2.05) is 0 Å². The molecule has 0 aromatic rings. The van der Waals surface area contributed by atoms with Crippen molar-refractivity contribution in [1.82, 2.24) is 0 Å². The summed E-state index contributed by atoms with van der Waals surface area (Å²) in [7, 11) is 0. The predicted molar refractivity (Wildman–Crippen MR) is 121 cm³/mol. The van der Waals surface area contributed by atoms with E-state index >= 15 is 0 Å². The highest BCUT2D eigenvalue weighted by molar-refractivity contribution is 5.83. The SMILES string of the molecule is CC(C)CCC[C@@H](C)[C@H]1CC[C@H]2[C@@H]3CC(=O)[C@H]4CC(O)(O)CC[C@]4(C)[C@H]3CC[C@]12C. The number of rotatable bonds is 5. The van der Waals surface area contributed by atoms with Crippen molar-refractivity contribution < 1.29 is 15.0 Å². The summed E-state index contributed by atoms with van der Waals surface area (Å²) >= 11 is 0. The van der Waals surface area contributed by atoms with Crippen molar-refractivity contribution in [3.63, 3.8) is 0 Å². The van der Waals surface area contributed by atoms with Gasteiger partial charge in [-0.2, -0.15) is 0 Å². The van der Waals surface area contributed by atoms with Gasteiger partial charge in [-0.15, -0.1) is 0 Å². The Morgan fingerprint density at radius 2 is 1.63 bits per heavy atom. The molecule has 0 unspecified atom stereocenters. The second-order valence-electron chi connectivity index (χ2n) is 12.8. The fraction of sp³-hybridized carbons (Fsp3) is 0.963. The lowest BCUT2D eigenvalue weighted by Gasteiger charge is -2.61. The van der Waals surface area contributed by atoms with Crippen LogP contribution in [0.2, 0.25) is 0 Å². The molecule has 3 nitrogen and oxygen atoms in total. The molecule has 8 atom stereocenters. The number of aliphatic hydroxyl groups is 2. The topological polar surface area (TPSA) is 57.5 Å². The number of carbonyl (C=O) groups is 1. The van der Waals surface area contributed by atoms with Gasteiger partial charge in [-0.05, 0) is 78.4 Å². The minimum absolute atomic E-state index is 0.0305. The van der Waals surface area contributed by atoms with E-state index in [0.29, 0.717) is 41.8 Å². The number of fused-ring (bicyclic) bond motifs is 5. The molecule has 30 heavy (non-hydrogen) atoms. The van der Waals surface area contributed by atoms with Gasteiger partial charge in [0.25, 0.3) is 0 Å². The maximum Gasteiger partial charge on any atom is 0.163 e. The van der Waals surface area contributed by atoms with E-state index in [1.165, 1.54) is 44.9 Å². The number of Topliss-reactive ketones (excluding diaryl/α,β-unsaturated/α-hetero) is 1. The van der Waals surface area contributed by atoms with E-state index in [9.17, 15) is 15.0 Å². The van der Waals surface area contributed by atoms with Crippen LogP contribution in [0.25, 0.3) is 0 Å². The molecular formula is C27H46O3. The van der Waals surface area contributed by atoms with Crippen LogP contribution in [0.3, 0.4) is 0 Å². The molecule has 0 amide bonds. The molecule has 0 bridgehead atoms. The third kappa shape index (κ3) is 3.70. The lowest BCUT2D eigenvalue weighted by Crippen LogP contribution is -2.59. The Bertz CT molecular complexity index is 654. The van der Waals surface area contributed by atoms with Gasteiger partial charge < -0.3 is 10.2 Å². The average Bonchev–Trinajstić information content (AvgIpc) is 3.00. The molecule has 3 heteroatoms. The van der Waals surface area contributed by atoms with Crippen molar-refractivity contribution in [2.24, 2.45) is 52.3 Å². The van der Waals surface area contributed by atoms with E-state index in [-0.39, 0.29) is 17.8 Å². The summed E-state index contributed by atoms with van der Waals surface area (Å²) in [5.74, 6) is 2.73. The lowest BCUT2D eigenvalue weighted by atomic mass is 9.44. The Labute approximate surface area is 184 Å². The normalized spacial score (nSPS) is 46.3. The van der Waals surface area contributed by atoms with Crippen LogP contribution in [0.4, 0.5) is 0 Å².